The molecule has 2 aromatic rings. The first kappa shape index (κ1) is 10.7. The van der Waals surface area contributed by atoms with Crippen LogP contribution in [-0.2, 0) is 12.8 Å². The maximum absolute atomic E-state index is 5.54. The molecule has 0 amide bonds. The largest absolute Gasteiger partial charge is 0.428 e. The first-order valence-electron chi connectivity index (χ1n) is 5.32. The van der Waals surface area contributed by atoms with Crippen molar-refractivity contribution in [2.75, 3.05) is 12.4 Å². The molecule has 0 saturated heterocycles. The van der Waals surface area contributed by atoms with Crippen LogP contribution in [0.25, 0.3) is 0 Å². The van der Waals surface area contributed by atoms with Crippen LogP contribution in [0.5, 0.6) is 0 Å². The van der Waals surface area contributed by atoms with Gasteiger partial charge in [0.1, 0.15) is 5.76 Å². The number of pyridine rings is 1. The summed E-state index contributed by atoms with van der Waals surface area (Å²) in [5.74, 6) is 0.938. The number of rotatable bonds is 4. The van der Waals surface area contributed by atoms with Crippen LogP contribution in [-0.4, -0.2) is 17.0 Å². The monoisotopic (exact) mass is 217 g/mol. The minimum absolute atomic E-state index is 0.582. The van der Waals surface area contributed by atoms with Gasteiger partial charge >= 0.3 is 0 Å². The Morgan fingerprint density at radius 2 is 2.25 bits per heavy atom. The molecule has 2 heterocycles. The van der Waals surface area contributed by atoms with Crippen LogP contribution < -0.4 is 5.32 Å². The third kappa shape index (κ3) is 2.39. The summed E-state index contributed by atoms with van der Waals surface area (Å²) in [6.45, 7) is 1.96. The molecule has 0 aliphatic rings. The predicted molar refractivity (Wildman–Crippen MR) is 62.4 cm³/mol. The number of hydrogen-bond acceptors (Lipinski definition) is 4. The van der Waals surface area contributed by atoms with Gasteiger partial charge in [-0.05, 0) is 25.0 Å². The molecule has 0 saturated carbocycles. The summed E-state index contributed by atoms with van der Waals surface area (Å²) >= 11 is 0. The molecule has 0 aliphatic carbocycles. The normalized spacial score (nSPS) is 10.4. The van der Waals surface area contributed by atoms with Crippen LogP contribution in [0.2, 0.25) is 0 Å². The van der Waals surface area contributed by atoms with Crippen molar-refractivity contribution in [1.82, 2.24) is 9.97 Å². The Morgan fingerprint density at radius 1 is 1.38 bits per heavy atom. The van der Waals surface area contributed by atoms with Crippen molar-refractivity contribution in [2.45, 2.75) is 19.8 Å². The van der Waals surface area contributed by atoms with E-state index in [2.05, 4.69) is 21.4 Å². The van der Waals surface area contributed by atoms with Gasteiger partial charge in [-0.15, -0.1) is 0 Å². The molecule has 0 aromatic carbocycles. The fourth-order valence-corrected chi connectivity index (χ4v) is 1.57. The van der Waals surface area contributed by atoms with E-state index in [0.29, 0.717) is 6.01 Å². The van der Waals surface area contributed by atoms with E-state index in [1.165, 1.54) is 5.56 Å². The summed E-state index contributed by atoms with van der Waals surface area (Å²) in [6, 6.07) is 4.60. The van der Waals surface area contributed by atoms with Crippen molar-refractivity contribution in [3.05, 3.63) is 41.5 Å². The molecule has 4 nitrogen and oxygen atoms in total. The molecule has 0 atom stereocenters. The second kappa shape index (κ2) is 4.79. The first-order valence-corrected chi connectivity index (χ1v) is 5.32. The Hall–Kier alpha value is -1.84. The number of oxazole rings is 1. The van der Waals surface area contributed by atoms with Crippen LogP contribution >= 0.6 is 0 Å². The van der Waals surface area contributed by atoms with Gasteiger partial charge in [0.15, 0.2) is 0 Å². The van der Waals surface area contributed by atoms with Crippen LogP contribution in [0, 0.1) is 6.92 Å². The standard InChI is InChI=1S/C12H15N3O/c1-9-11(16-12(13-2)15-9)6-5-10-4-3-7-14-8-10/h3-4,7-8H,5-6H2,1-2H3,(H,13,15). The molecule has 0 aliphatic heterocycles. The lowest BCUT2D eigenvalue weighted by atomic mass is 10.1. The van der Waals surface area contributed by atoms with Gasteiger partial charge in [-0.25, -0.2) is 0 Å². The molecule has 0 fully saturated rings. The number of aryl methyl sites for hydroxylation is 3. The van der Waals surface area contributed by atoms with Crippen molar-refractivity contribution < 1.29 is 4.42 Å². The molecule has 2 rings (SSSR count). The van der Waals surface area contributed by atoms with Gasteiger partial charge in [-0.2, -0.15) is 4.98 Å². The van der Waals surface area contributed by atoms with Gasteiger partial charge in [0.05, 0.1) is 5.69 Å². The molecule has 84 valence electrons. The molecular weight excluding hydrogens is 202 g/mol. The topological polar surface area (TPSA) is 51.0 Å². The van der Waals surface area contributed by atoms with Crippen molar-refractivity contribution >= 4 is 6.01 Å². The Morgan fingerprint density at radius 3 is 2.88 bits per heavy atom. The van der Waals surface area contributed by atoms with E-state index in [9.17, 15) is 0 Å². The lowest BCUT2D eigenvalue weighted by Crippen LogP contribution is -1.92. The van der Waals surface area contributed by atoms with E-state index >= 15 is 0 Å². The van der Waals surface area contributed by atoms with E-state index in [0.717, 1.165) is 24.3 Å². The number of aromatic nitrogens is 2. The molecule has 2 aromatic heterocycles. The van der Waals surface area contributed by atoms with E-state index in [4.69, 9.17) is 4.42 Å². The van der Waals surface area contributed by atoms with Crippen LogP contribution in [0.3, 0.4) is 0 Å². The Kier molecular flexibility index (Phi) is 3.19. The van der Waals surface area contributed by atoms with E-state index in [-0.39, 0.29) is 0 Å². The van der Waals surface area contributed by atoms with Crippen molar-refractivity contribution in [1.29, 1.82) is 0 Å². The van der Waals surface area contributed by atoms with Gasteiger partial charge in [-0.1, -0.05) is 6.07 Å². The van der Waals surface area contributed by atoms with E-state index in [1.54, 1.807) is 13.2 Å². The van der Waals surface area contributed by atoms with Gasteiger partial charge in [-0.3, -0.25) is 4.98 Å². The Labute approximate surface area is 94.7 Å². The maximum atomic E-state index is 5.54. The average molecular weight is 217 g/mol. The molecule has 16 heavy (non-hydrogen) atoms. The molecule has 0 unspecified atom stereocenters. The molecule has 1 N–H and O–H groups in total. The van der Waals surface area contributed by atoms with E-state index < -0.39 is 0 Å². The summed E-state index contributed by atoms with van der Waals surface area (Å²) < 4.78 is 5.54. The Balaban J connectivity index is 2.02. The van der Waals surface area contributed by atoms with Crippen LogP contribution in [0.15, 0.2) is 28.9 Å². The Bertz CT molecular complexity index is 451. The summed E-state index contributed by atoms with van der Waals surface area (Å²) in [4.78, 5) is 8.33. The fraction of sp³-hybridized carbons (Fsp3) is 0.333. The van der Waals surface area contributed by atoms with E-state index in [1.807, 2.05) is 19.2 Å². The van der Waals surface area contributed by atoms with Crippen molar-refractivity contribution in [3.63, 3.8) is 0 Å². The average Bonchev–Trinajstić information content (AvgIpc) is 2.69. The van der Waals surface area contributed by atoms with Crippen LogP contribution in [0.1, 0.15) is 17.0 Å². The second-order valence-electron chi connectivity index (χ2n) is 3.64. The number of nitrogens with zero attached hydrogens (tertiary/aromatic N) is 2. The molecular formula is C12H15N3O. The lowest BCUT2D eigenvalue weighted by Gasteiger charge is -1.98. The highest BCUT2D eigenvalue weighted by Crippen LogP contribution is 2.15. The molecule has 4 heteroatoms. The molecule has 0 bridgehead atoms. The zero-order chi connectivity index (χ0) is 11.4. The van der Waals surface area contributed by atoms with Crippen LogP contribution in [0.4, 0.5) is 6.01 Å². The van der Waals surface area contributed by atoms with Crippen molar-refractivity contribution in [2.24, 2.45) is 0 Å². The zero-order valence-electron chi connectivity index (χ0n) is 9.53. The highest BCUT2D eigenvalue weighted by atomic mass is 16.4. The maximum Gasteiger partial charge on any atom is 0.294 e. The quantitative estimate of drug-likeness (QED) is 0.853. The second-order valence-corrected chi connectivity index (χ2v) is 3.64. The third-order valence-corrected chi connectivity index (χ3v) is 2.47. The number of nitrogens with one attached hydrogen (secondary N) is 1. The smallest absolute Gasteiger partial charge is 0.294 e. The summed E-state index contributed by atoms with van der Waals surface area (Å²) in [5.41, 5.74) is 2.16. The summed E-state index contributed by atoms with van der Waals surface area (Å²) in [5, 5.41) is 2.90. The number of hydrogen-bond donors (Lipinski definition) is 1. The first-order chi connectivity index (χ1) is 7.79. The zero-order valence-corrected chi connectivity index (χ0v) is 9.53. The third-order valence-electron chi connectivity index (χ3n) is 2.47. The molecule has 0 spiro atoms. The highest BCUT2D eigenvalue weighted by Gasteiger charge is 2.08. The number of anilines is 1. The SMILES string of the molecule is CNc1nc(C)c(CCc2cccnc2)o1. The summed E-state index contributed by atoms with van der Waals surface area (Å²) in [6.07, 6.45) is 5.44. The fourth-order valence-electron chi connectivity index (χ4n) is 1.57. The highest BCUT2D eigenvalue weighted by molar-refractivity contribution is 5.24. The molecule has 0 radical (unpaired) electrons. The van der Waals surface area contributed by atoms with Gasteiger partial charge in [0.25, 0.3) is 6.01 Å². The minimum Gasteiger partial charge on any atom is -0.428 e. The van der Waals surface area contributed by atoms with Gasteiger partial charge < -0.3 is 9.73 Å². The summed E-state index contributed by atoms with van der Waals surface area (Å²) in [7, 11) is 1.80. The lowest BCUT2D eigenvalue weighted by molar-refractivity contribution is 0.516. The van der Waals surface area contributed by atoms with Crippen molar-refractivity contribution in [3.8, 4) is 0 Å². The van der Waals surface area contributed by atoms with Gasteiger partial charge in [0.2, 0.25) is 0 Å². The minimum atomic E-state index is 0.582. The van der Waals surface area contributed by atoms with Gasteiger partial charge in [0, 0.05) is 25.9 Å². The predicted octanol–water partition coefficient (Wildman–Crippen LogP) is 2.20.